The number of likely N-dealkylation sites (N-methyl/N-ethyl adjacent to an activating group) is 1. The van der Waals surface area contributed by atoms with Crippen molar-refractivity contribution >= 4 is 5.97 Å². The van der Waals surface area contributed by atoms with Gasteiger partial charge in [0, 0.05) is 5.92 Å². The van der Waals surface area contributed by atoms with Crippen LogP contribution in [0.1, 0.15) is 174 Å². The highest BCUT2D eigenvalue weighted by Gasteiger charge is 2.38. The molecule has 0 fully saturated rings. The lowest BCUT2D eigenvalue weighted by molar-refractivity contribution is -0.891. The van der Waals surface area contributed by atoms with Crippen molar-refractivity contribution in [3.8, 4) is 0 Å². The van der Waals surface area contributed by atoms with Crippen LogP contribution in [0.5, 0.6) is 0 Å². The smallest absolute Gasteiger partial charge is 0.362 e. The number of carboxylic acids is 1. The second-order valence-corrected chi connectivity index (χ2v) is 12.7. The fourth-order valence-electron chi connectivity index (χ4n) is 5.94. The van der Waals surface area contributed by atoms with Gasteiger partial charge in [-0.1, -0.05) is 162 Å². The van der Waals surface area contributed by atoms with Gasteiger partial charge in [0.1, 0.15) is 0 Å². The highest BCUT2D eigenvalue weighted by molar-refractivity contribution is 5.72. The summed E-state index contributed by atoms with van der Waals surface area (Å²) in [5.41, 5.74) is 0. The summed E-state index contributed by atoms with van der Waals surface area (Å²) in [5.74, 6) is -0.293. The highest BCUT2D eigenvalue weighted by Crippen LogP contribution is 2.27. The molecule has 0 saturated heterocycles. The fourth-order valence-corrected chi connectivity index (χ4v) is 5.94. The lowest BCUT2D eigenvalue weighted by Crippen LogP contribution is -2.53. The van der Waals surface area contributed by atoms with Gasteiger partial charge in [0.05, 0.1) is 21.1 Å². The molecule has 0 aromatic rings. The molecule has 2 unspecified atom stereocenters. The van der Waals surface area contributed by atoms with Crippen molar-refractivity contribution in [2.75, 3.05) is 21.1 Å². The maximum absolute atomic E-state index is 12.2. The Morgan fingerprint density at radius 3 is 0.972 bits per heavy atom. The van der Waals surface area contributed by atoms with Gasteiger partial charge in [-0.2, -0.15) is 0 Å². The molecule has 2 atom stereocenters. The Bertz CT molecular complexity index is 471. The summed E-state index contributed by atoms with van der Waals surface area (Å²) < 4.78 is 0.538. The molecule has 3 nitrogen and oxygen atoms in total. The summed E-state index contributed by atoms with van der Waals surface area (Å²) in [7, 11) is 6.19. The van der Waals surface area contributed by atoms with Crippen LogP contribution in [-0.2, 0) is 4.79 Å². The van der Waals surface area contributed by atoms with Gasteiger partial charge in [-0.25, -0.2) is 4.79 Å². The quantitative estimate of drug-likeness (QED) is 0.0839. The van der Waals surface area contributed by atoms with E-state index >= 15 is 0 Å². The van der Waals surface area contributed by atoms with E-state index in [0.29, 0.717) is 10.4 Å². The zero-order valence-corrected chi connectivity index (χ0v) is 25.6. The number of carbonyl (C=O) groups is 1. The van der Waals surface area contributed by atoms with E-state index in [1.807, 2.05) is 0 Å². The third-order valence-electron chi connectivity index (χ3n) is 8.14. The molecule has 36 heavy (non-hydrogen) atoms. The molecule has 0 aromatic heterocycles. The summed E-state index contributed by atoms with van der Waals surface area (Å²) in [6.07, 6.45) is 33.4. The van der Waals surface area contributed by atoms with Crippen LogP contribution in [0.4, 0.5) is 0 Å². The molecule has 0 rings (SSSR count). The summed E-state index contributed by atoms with van der Waals surface area (Å²) in [6.45, 7) is 4.56. The van der Waals surface area contributed by atoms with Crippen LogP contribution in [0.2, 0.25) is 0 Å². The van der Waals surface area contributed by atoms with E-state index in [9.17, 15) is 9.90 Å². The summed E-state index contributed by atoms with van der Waals surface area (Å²) in [6, 6.07) is -0.277. The maximum Gasteiger partial charge on any atom is 0.362 e. The average molecular weight is 511 g/mol. The number of hydrogen-bond donors (Lipinski definition) is 1. The van der Waals surface area contributed by atoms with Crippen LogP contribution >= 0.6 is 0 Å². The molecule has 216 valence electrons. The van der Waals surface area contributed by atoms with Crippen molar-refractivity contribution in [1.29, 1.82) is 0 Å². The predicted molar refractivity (Wildman–Crippen MR) is 160 cm³/mol. The molecule has 0 radical (unpaired) electrons. The van der Waals surface area contributed by atoms with Gasteiger partial charge in [-0.3, -0.25) is 0 Å². The highest BCUT2D eigenvalue weighted by atomic mass is 16.4. The number of carboxylic acid groups (broad SMARTS) is 1. The number of hydrogen-bond acceptors (Lipinski definition) is 1. The van der Waals surface area contributed by atoms with E-state index in [-0.39, 0.29) is 6.04 Å². The molecule has 0 spiro atoms. The molecule has 0 aromatic carbocycles. The van der Waals surface area contributed by atoms with Crippen molar-refractivity contribution in [2.24, 2.45) is 5.92 Å². The molecular weight excluding hydrogens is 442 g/mol. The third kappa shape index (κ3) is 21.5. The Kier molecular flexibility index (Phi) is 24.4. The van der Waals surface area contributed by atoms with Crippen LogP contribution in [0.25, 0.3) is 0 Å². The Balaban J connectivity index is 4.10. The predicted octanol–water partition coefficient (Wildman–Crippen LogP) is 10.6. The Morgan fingerprint density at radius 1 is 0.500 bits per heavy atom. The first-order valence-corrected chi connectivity index (χ1v) is 16.4. The number of nitrogens with zero attached hydrogens (tertiary/aromatic N) is 1. The van der Waals surface area contributed by atoms with Gasteiger partial charge in [0.2, 0.25) is 0 Å². The van der Waals surface area contributed by atoms with Crippen molar-refractivity contribution in [2.45, 2.75) is 180 Å². The summed E-state index contributed by atoms with van der Waals surface area (Å²) >= 11 is 0. The number of rotatable bonds is 28. The lowest BCUT2D eigenvalue weighted by Gasteiger charge is -2.36. The number of unbranched alkanes of at least 4 members (excludes halogenated alkanes) is 21. The minimum Gasteiger partial charge on any atom is -0.477 e. The Hall–Kier alpha value is -0.570. The first kappa shape index (κ1) is 35.4. The Labute approximate surface area is 227 Å². The molecule has 0 aliphatic carbocycles. The lowest BCUT2D eigenvalue weighted by atomic mass is 9.86. The van der Waals surface area contributed by atoms with E-state index in [2.05, 4.69) is 35.0 Å². The van der Waals surface area contributed by atoms with E-state index < -0.39 is 5.97 Å². The molecule has 0 heterocycles. The minimum absolute atomic E-state index is 0.277. The standard InChI is InChI=1S/C33H67NO2/c1-6-8-10-12-14-16-18-19-20-22-24-26-28-30-31(32(33(35)36)34(3,4)5)29-27-25-23-21-17-15-13-11-9-7-2/h31-32H,6-30H2,1-5H3/p+1. The van der Waals surface area contributed by atoms with Gasteiger partial charge in [-0.05, 0) is 12.8 Å². The third-order valence-corrected chi connectivity index (χ3v) is 8.14. The molecule has 3 heteroatoms. The Morgan fingerprint density at radius 2 is 0.750 bits per heavy atom. The molecular formula is C33H68NO2+. The molecule has 0 bridgehead atoms. The van der Waals surface area contributed by atoms with Gasteiger partial charge >= 0.3 is 5.97 Å². The maximum atomic E-state index is 12.2. The van der Waals surface area contributed by atoms with Crippen molar-refractivity contribution in [3.63, 3.8) is 0 Å². The topological polar surface area (TPSA) is 37.3 Å². The number of quaternary nitrogens is 1. The first-order valence-electron chi connectivity index (χ1n) is 16.4. The van der Waals surface area contributed by atoms with E-state index in [1.165, 1.54) is 148 Å². The van der Waals surface area contributed by atoms with E-state index in [0.717, 1.165) is 12.8 Å². The van der Waals surface area contributed by atoms with Crippen LogP contribution in [-0.4, -0.2) is 42.7 Å². The van der Waals surface area contributed by atoms with Crippen LogP contribution < -0.4 is 0 Å². The molecule has 0 aliphatic heterocycles. The molecule has 1 N–H and O–H groups in total. The van der Waals surface area contributed by atoms with E-state index in [1.54, 1.807) is 0 Å². The van der Waals surface area contributed by atoms with Crippen molar-refractivity contribution in [1.82, 2.24) is 0 Å². The normalized spacial score (nSPS) is 13.7. The van der Waals surface area contributed by atoms with Crippen molar-refractivity contribution in [3.05, 3.63) is 0 Å². The van der Waals surface area contributed by atoms with Gasteiger partial charge in [0.25, 0.3) is 0 Å². The second kappa shape index (κ2) is 24.7. The summed E-state index contributed by atoms with van der Waals surface area (Å²) in [5, 5.41) is 10.0. The average Bonchev–Trinajstić information content (AvgIpc) is 2.81. The molecule has 0 amide bonds. The van der Waals surface area contributed by atoms with Crippen molar-refractivity contribution < 1.29 is 14.4 Å². The van der Waals surface area contributed by atoms with E-state index in [4.69, 9.17) is 0 Å². The summed E-state index contributed by atoms with van der Waals surface area (Å²) in [4.78, 5) is 12.2. The second-order valence-electron chi connectivity index (χ2n) is 12.7. The van der Waals surface area contributed by atoms with Crippen LogP contribution in [0, 0.1) is 5.92 Å². The fraction of sp³-hybridized carbons (Fsp3) is 0.970. The van der Waals surface area contributed by atoms with Crippen LogP contribution in [0.15, 0.2) is 0 Å². The first-order chi connectivity index (χ1) is 17.3. The zero-order valence-electron chi connectivity index (χ0n) is 25.6. The van der Waals surface area contributed by atoms with Gasteiger partial charge in [0.15, 0.2) is 6.04 Å². The van der Waals surface area contributed by atoms with Gasteiger partial charge < -0.3 is 9.59 Å². The van der Waals surface area contributed by atoms with Crippen LogP contribution in [0.3, 0.4) is 0 Å². The minimum atomic E-state index is -0.603. The largest absolute Gasteiger partial charge is 0.477 e. The SMILES string of the molecule is CCCCCCCCCCCCCCCC(CCCCCCCCCCCC)C(C(=O)O)[N+](C)(C)C. The number of aliphatic carboxylic acids is 1. The molecule has 0 aliphatic rings. The molecule has 0 saturated carbocycles. The van der Waals surface area contributed by atoms with Gasteiger partial charge in [-0.15, -0.1) is 0 Å². The monoisotopic (exact) mass is 511 g/mol. The zero-order chi connectivity index (χ0) is 26.9.